The number of hydrogen-bond donors (Lipinski definition) is 1. The number of anilines is 1. The number of rotatable bonds is 4. The number of hydrogen-bond acceptors (Lipinski definition) is 8. The largest absolute Gasteiger partial charge is 0.507 e. The van der Waals surface area contributed by atoms with Crippen LogP contribution in [0.3, 0.4) is 0 Å². The molecule has 1 N–H and O–H groups in total. The van der Waals surface area contributed by atoms with E-state index in [1.54, 1.807) is 32.6 Å². The number of carbonyl (C=O) groups is 1. The molecule has 5 rings (SSSR count). The van der Waals surface area contributed by atoms with Crippen molar-refractivity contribution in [3.63, 3.8) is 0 Å². The number of aryl methyl sites for hydroxylation is 1. The van der Waals surface area contributed by atoms with Crippen molar-refractivity contribution < 1.29 is 32.2 Å². The van der Waals surface area contributed by atoms with Crippen LogP contribution in [0.2, 0.25) is 0 Å². The molecule has 1 amide bonds. The van der Waals surface area contributed by atoms with E-state index in [0.717, 1.165) is 29.0 Å². The number of benzene rings is 1. The van der Waals surface area contributed by atoms with Gasteiger partial charge in [-0.3, -0.25) is 4.98 Å². The van der Waals surface area contributed by atoms with Crippen LogP contribution in [0, 0.1) is 18.6 Å². The number of phenolic OH excluding ortho intramolecular Hbond substituents is 1. The average molecular weight is 615 g/mol. The van der Waals surface area contributed by atoms with Crippen LogP contribution in [0.15, 0.2) is 41.3 Å². The Hall–Kier alpha value is -4.75. The predicted molar refractivity (Wildman–Crippen MR) is 154 cm³/mol. The number of fused-ring (bicyclic) bond motifs is 1. The molecule has 44 heavy (non-hydrogen) atoms. The molecule has 4 heterocycles. The van der Waals surface area contributed by atoms with Crippen LogP contribution in [0.1, 0.15) is 45.4 Å². The van der Waals surface area contributed by atoms with E-state index in [-0.39, 0.29) is 47.7 Å². The van der Waals surface area contributed by atoms with E-state index in [1.165, 1.54) is 24.0 Å². The summed E-state index contributed by atoms with van der Waals surface area (Å²) in [5.74, 6) is -2.66. The molecule has 1 aliphatic rings. The SMILES string of the molecule is Cc1ccnc(C(F)F)c1-n1c(=O)nc(N2CCN(C(=O)OC(C)(C)C)CC2C)c2cc(F)c(-c3c(O)cccc3F)nc21. The lowest BCUT2D eigenvalue weighted by Crippen LogP contribution is -2.55. The smallest absolute Gasteiger partial charge is 0.410 e. The summed E-state index contributed by atoms with van der Waals surface area (Å²) in [6.45, 7) is 9.01. The molecule has 232 valence electrons. The van der Waals surface area contributed by atoms with Crippen LogP contribution in [-0.4, -0.2) is 66.9 Å². The Morgan fingerprint density at radius 1 is 1.11 bits per heavy atom. The van der Waals surface area contributed by atoms with Crippen LogP contribution in [0.25, 0.3) is 28.0 Å². The van der Waals surface area contributed by atoms with E-state index >= 15 is 4.39 Å². The van der Waals surface area contributed by atoms with Gasteiger partial charge < -0.3 is 19.6 Å². The maximum atomic E-state index is 15.8. The summed E-state index contributed by atoms with van der Waals surface area (Å²) in [5.41, 5.74) is -4.05. The second-order valence-electron chi connectivity index (χ2n) is 11.5. The predicted octanol–water partition coefficient (Wildman–Crippen LogP) is 5.52. The minimum atomic E-state index is -3.09. The molecule has 14 heteroatoms. The topological polar surface area (TPSA) is 114 Å². The average Bonchev–Trinajstić information content (AvgIpc) is 2.92. The third-order valence-electron chi connectivity index (χ3n) is 7.17. The number of aromatic nitrogens is 4. The van der Waals surface area contributed by atoms with Crippen LogP contribution >= 0.6 is 0 Å². The molecule has 3 aromatic heterocycles. The van der Waals surface area contributed by atoms with Crippen LogP contribution < -0.4 is 10.6 Å². The van der Waals surface area contributed by atoms with Crippen LogP contribution in [0.4, 0.5) is 28.2 Å². The maximum Gasteiger partial charge on any atom is 0.410 e. The normalized spacial score (nSPS) is 15.7. The number of ether oxygens (including phenoxy) is 1. The fourth-order valence-corrected chi connectivity index (χ4v) is 5.24. The molecular formula is C30H30F4N6O4. The van der Waals surface area contributed by atoms with E-state index in [1.807, 2.05) is 0 Å². The first-order chi connectivity index (χ1) is 20.7. The zero-order valence-corrected chi connectivity index (χ0v) is 24.6. The first kappa shape index (κ1) is 30.7. The fourth-order valence-electron chi connectivity index (χ4n) is 5.24. The molecule has 0 radical (unpaired) electrons. The summed E-state index contributed by atoms with van der Waals surface area (Å²) >= 11 is 0. The number of pyridine rings is 2. The number of piperazine rings is 1. The van der Waals surface area contributed by atoms with Crippen molar-refractivity contribution in [3.05, 3.63) is 69.9 Å². The number of nitrogens with zero attached hydrogens (tertiary/aromatic N) is 6. The first-order valence-electron chi connectivity index (χ1n) is 13.8. The molecule has 10 nitrogen and oxygen atoms in total. The van der Waals surface area contributed by atoms with Crippen molar-refractivity contribution in [2.75, 3.05) is 24.5 Å². The zero-order valence-electron chi connectivity index (χ0n) is 24.6. The van der Waals surface area contributed by atoms with Crippen molar-refractivity contribution in [3.8, 4) is 22.7 Å². The van der Waals surface area contributed by atoms with E-state index < -0.39 is 64.2 Å². The summed E-state index contributed by atoms with van der Waals surface area (Å²) in [6.07, 6.45) is -2.45. The van der Waals surface area contributed by atoms with Gasteiger partial charge in [0.2, 0.25) is 0 Å². The monoisotopic (exact) mass is 614 g/mol. The molecule has 1 fully saturated rings. The fraction of sp³-hybridized carbons (Fsp3) is 0.367. The molecule has 1 aliphatic heterocycles. The Bertz CT molecular complexity index is 1800. The Kier molecular flexibility index (Phi) is 7.95. The van der Waals surface area contributed by atoms with Gasteiger partial charge in [0.25, 0.3) is 6.43 Å². The van der Waals surface area contributed by atoms with Gasteiger partial charge in [-0.15, -0.1) is 0 Å². The summed E-state index contributed by atoms with van der Waals surface area (Å²) in [7, 11) is 0. The minimum absolute atomic E-state index is 0.00608. The first-order valence-corrected chi connectivity index (χ1v) is 13.8. The highest BCUT2D eigenvalue weighted by atomic mass is 19.3. The summed E-state index contributed by atoms with van der Waals surface area (Å²) in [6, 6.07) is 5.30. The van der Waals surface area contributed by atoms with Gasteiger partial charge >= 0.3 is 11.8 Å². The number of carbonyl (C=O) groups excluding carboxylic acids is 1. The summed E-state index contributed by atoms with van der Waals surface area (Å²) in [5, 5.41) is 10.4. The second kappa shape index (κ2) is 11.4. The number of phenols is 1. The van der Waals surface area contributed by atoms with Gasteiger partial charge in [-0.1, -0.05) is 6.07 Å². The minimum Gasteiger partial charge on any atom is -0.507 e. The maximum absolute atomic E-state index is 15.8. The van der Waals surface area contributed by atoms with Crippen molar-refractivity contribution in [1.29, 1.82) is 0 Å². The number of alkyl halides is 2. The van der Waals surface area contributed by atoms with Crippen molar-refractivity contribution >= 4 is 22.9 Å². The molecular weight excluding hydrogens is 584 g/mol. The van der Waals surface area contributed by atoms with E-state index in [0.29, 0.717) is 0 Å². The van der Waals surface area contributed by atoms with Crippen molar-refractivity contribution in [1.82, 2.24) is 24.4 Å². The number of amides is 1. The van der Waals surface area contributed by atoms with Crippen molar-refractivity contribution in [2.24, 2.45) is 0 Å². The highest BCUT2D eigenvalue weighted by Crippen LogP contribution is 2.37. The molecule has 0 spiro atoms. The highest BCUT2D eigenvalue weighted by Gasteiger charge is 2.33. The molecule has 0 saturated carbocycles. The molecule has 0 bridgehead atoms. The quantitative estimate of drug-likeness (QED) is 0.299. The van der Waals surface area contributed by atoms with Gasteiger partial charge in [0.15, 0.2) is 11.5 Å². The Labute approximate surface area is 249 Å². The van der Waals surface area contributed by atoms with Gasteiger partial charge in [0, 0.05) is 31.9 Å². The van der Waals surface area contributed by atoms with Gasteiger partial charge in [-0.25, -0.2) is 36.7 Å². The Morgan fingerprint density at radius 3 is 2.48 bits per heavy atom. The highest BCUT2D eigenvalue weighted by molar-refractivity contribution is 5.91. The third-order valence-corrected chi connectivity index (χ3v) is 7.17. The zero-order chi connectivity index (χ0) is 32.1. The Balaban J connectivity index is 1.74. The van der Waals surface area contributed by atoms with Crippen LogP contribution in [0.5, 0.6) is 5.75 Å². The lowest BCUT2D eigenvalue weighted by atomic mass is 10.1. The Morgan fingerprint density at radius 2 is 1.84 bits per heavy atom. The number of aromatic hydroxyl groups is 1. The molecule has 1 unspecified atom stereocenters. The molecule has 1 saturated heterocycles. The standard InChI is InChI=1S/C30H30F4N6O4/c1-15-9-10-35-23(25(33)34)24(15)40-27-17(13-19(32)22(36-27)21-18(31)7-6-8-20(21)41)26(37-28(40)42)39-12-11-38(14-16(39)2)29(43)44-30(3,4)5/h6-10,13,16,25,41H,11-12,14H2,1-5H3. The molecule has 4 aromatic rings. The van der Waals surface area contributed by atoms with Gasteiger partial charge in [-0.05, 0) is 64.4 Å². The molecule has 0 aliphatic carbocycles. The molecule has 1 aromatic carbocycles. The van der Waals surface area contributed by atoms with E-state index in [2.05, 4.69) is 15.0 Å². The number of halogens is 4. The van der Waals surface area contributed by atoms with Crippen molar-refractivity contribution in [2.45, 2.75) is 52.7 Å². The molecule has 1 atom stereocenters. The van der Waals surface area contributed by atoms with E-state index in [9.17, 15) is 27.9 Å². The second-order valence-corrected chi connectivity index (χ2v) is 11.5. The van der Waals surface area contributed by atoms with Gasteiger partial charge in [-0.2, -0.15) is 4.98 Å². The van der Waals surface area contributed by atoms with Crippen LogP contribution in [-0.2, 0) is 4.74 Å². The third kappa shape index (κ3) is 5.63. The lowest BCUT2D eigenvalue weighted by Gasteiger charge is -2.41. The van der Waals surface area contributed by atoms with Gasteiger partial charge in [0.05, 0.1) is 16.6 Å². The summed E-state index contributed by atoms with van der Waals surface area (Å²) < 4.78 is 65.2. The lowest BCUT2D eigenvalue weighted by molar-refractivity contribution is 0.0218. The van der Waals surface area contributed by atoms with Gasteiger partial charge in [0.1, 0.15) is 34.4 Å². The summed E-state index contributed by atoms with van der Waals surface area (Å²) in [4.78, 5) is 41.9. The van der Waals surface area contributed by atoms with E-state index in [4.69, 9.17) is 4.74 Å².